The number of amides is 1. The number of nitrogens with two attached hydrogens (primary N) is 1. The molecule has 1 aromatic rings. The molecule has 0 radical (unpaired) electrons. The van der Waals surface area contributed by atoms with E-state index in [-0.39, 0.29) is 30.5 Å². The van der Waals surface area contributed by atoms with Gasteiger partial charge in [-0.1, -0.05) is 5.16 Å². The number of hydrogen-bond acceptors (Lipinski definition) is 5. The number of aryl methyl sites for hydroxylation is 2. The van der Waals surface area contributed by atoms with Crippen molar-refractivity contribution >= 4 is 5.91 Å². The fourth-order valence-corrected chi connectivity index (χ4v) is 3.28. The normalized spacial score (nSPS) is 32.4. The number of aromatic nitrogens is 1. The summed E-state index contributed by atoms with van der Waals surface area (Å²) in [4.78, 5) is 12.1. The molecule has 2 aliphatic rings. The first-order chi connectivity index (χ1) is 9.58. The van der Waals surface area contributed by atoms with Gasteiger partial charge < -0.3 is 20.3 Å². The van der Waals surface area contributed by atoms with Gasteiger partial charge in [-0.25, -0.2) is 0 Å². The molecule has 20 heavy (non-hydrogen) atoms. The van der Waals surface area contributed by atoms with Crippen LogP contribution in [0.1, 0.15) is 29.9 Å². The Morgan fingerprint density at radius 3 is 3.00 bits per heavy atom. The van der Waals surface area contributed by atoms with Crippen LogP contribution in [0, 0.1) is 19.8 Å². The SMILES string of the molecule is Cc1noc(C)c1CC(=O)NC1C(N)C2CCCOC21. The number of hydrogen-bond donors (Lipinski definition) is 2. The molecule has 0 spiro atoms. The lowest BCUT2D eigenvalue weighted by Crippen LogP contribution is -2.72. The molecule has 1 amide bonds. The summed E-state index contributed by atoms with van der Waals surface area (Å²) in [5, 5.41) is 6.86. The van der Waals surface area contributed by atoms with Gasteiger partial charge in [-0.05, 0) is 26.7 Å². The van der Waals surface area contributed by atoms with Crippen molar-refractivity contribution in [2.24, 2.45) is 11.7 Å². The highest BCUT2D eigenvalue weighted by molar-refractivity contribution is 5.79. The van der Waals surface area contributed by atoms with Crippen LogP contribution in [0.4, 0.5) is 0 Å². The van der Waals surface area contributed by atoms with Gasteiger partial charge in [0, 0.05) is 24.1 Å². The second-order valence-electron chi connectivity index (χ2n) is 5.79. The van der Waals surface area contributed by atoms with E-state index >= 15 is 0 Å². The molecule has 1 aliphatic heterocycles. The van der Waals surface area contributed by atoms with Gasteiger partial charge in [0.05, 0.1) is 24.3 Å². The maximum Gasteiger partial charge on any atom is 0.224 e. The van der Waals surface area contributed by atoms with Crippen molar-refractivity contribution in [3.05, 3.63) is 17.0 Å². The van der Waals surface area contributed by atoms with Crippen molar-refractivity contribution in [1.29, 1.82) is 0 Å². The first-order valence-corrected chi connectivity index (χ1v) is 7.16. The van der Waals surface area contributed by atoms with E-state index in [4.69, 9.17) is 15.0 Å². The number of rotatable bonds is 3. The topological polar surface area (TPSA) is 90.4 Å². The fraction of sp³-hybridized carbons (Fsp3) is 0.714. The Labute approximate surface area is 118 Å². The highest BCUT2D eigenvalue weighted by Gasteiger charge is 2.51. The summed E-state index contributed by atoms with van der Waals surface area (Å²) in [6, 6.07) is -0.0535. The summed E-state index contributed by atoms with van der Waals surface area (Å²) in [6.45, 7) is 4.43. The van der Waals surface area contributed by atoms with E-state index in [1.54, 1.807) is 0 Å². The summed E-state index contributed by atoms with van der Waals surface area (Å²) in [6.07, 6.45) is 2.53. The summed E-state index contributed by atoms with van der Waals surface area (Å²) in [5.41, 5.74) is 7.76. The van der Waals surface area contributed by atoms with Crippen molar-refractivity contribution in [2.75, 3.05) is 6.61 Å². The van der Waals surface area contributed by atoms with Gasteiger partial charge in [0.15, 0.2) is 0 Å². The van der Waals surface area contributed by atoms with E-state index in [1.807, 2.05) is 13.8 Å². The number of fused-ring (bicyclic) bond motifs is 1. The van der Waals surface area contributed by atoms with Crippen LogP contribution in [0.15, 0.2) is 4.52 Å². The minimum atomic E-state index is -0.0618. The van der Waals surface area contributed by atoms with E-state index in [0.29, 0.717) is 11.7 Å². The molecule has 1 saturated heterocycles. The Bertz CT molecular complexity index is 494. The van der Waals surface area contributed by atoms with Crippen LogP contribution in [0.25, 0.3) is 0 Å². The highest BCUT2D eigenvalue weighted by Crippen LogP contribution is 2.37. The number of nitrogens with one attached hydrogen (secondary N) is 1. The third-order valence-corrected chi connectivity index (χ3v) is 4.52. The average Bonchev–Trinajstić information content (AvgIpc) is 2.76. The van der Waals surface area contributed by atoms with Gasteiger partial charge in [-0.2, -0.15) is 0 Å². The molecular weight excluding hydrogens is 258 g/mol. The molecule has 1 saturated carbocycles. The van der Waals surface area contributed by atoms with Crippen molar-refractivity contribution in [3.8, 4) is 0 Å². The third-order valence-electron chi connectivity index (χ3n) is 4.52. The quantitative estimate of drug-likeness (QED) is 0.838. The second-order valence-corrected chi connectivity index (χ2v) is 5.79. The summed E-state index contributed by atoms with van der Waals surface area (Å²) >= 11 is 0. The average molecular weight is 279 g/mol. The highest BCUT2D eigenvalue weighted by atomic mass is 16.5. The Morgan fingerprint density at radius 1 is 1.50 bits per heavy atom. The molecule has 3 rings (SSSR count). The van der Waals surface area contributed by atoms with E-state index in [1.165, 1.54) is 0 Å². The Morgan fingerprint density at radius 2 is 2.30 bits per heavy atom. The lowest BCUT2D eigenvalue weighted by atomic mass is 9.68. The molecule has 2 heterocycles. The van der Waals surface area contributed by atoms with Gasteiger partial charge >= 0.3 is 0 Å². The molecule has 6 nitrogen and oxygen atoms in total. The van der Waals surface area contributed by atoms with Crippen LogP contribution in [-0.2, 0) is 16.0 Å². The van der Waals surface area contributed by atoms with Crippen LogP contribution in [0.3, 0.4) is 0 Å². The standard InChI is InChI=1S/C14H21N3O3/c1-7-10(8(2)20-17-7)6-11(18)16-13-12(15)9-4-3-5-19-14(9)13/h9,12-14H,3-6,15H2,1-2H3,(H,16,18). The zero-order valence-electron chi connectivity index (χ0n) is 11.9. The van der Waals surface area contributed by atoms with Crippen molar-refractivity contribution < 1.29 is 14.1 Å². The maximum absolute atomic E-state index is 12.1. The summed E-state index contributed by atoms with van der Waals surface area (Å²) in [7, 11) is 0. The van der Waals surface area contributed by atoms with Gasteiger partial charge in [-0.15, -0.1) is 0 Å². The predicted octanol–water partition coefficient (Wildman–Crippen LogP) is 0.455. The Hall–Kier alpha value is -1.40. The lowest BCUT2D eigenvalue weighted by molar-refractivity contribution is -0.138. The van der Waals surface area contributed by atoms with Gasteiger partial charge in [0.1, 0.15) is 5.76 Å². The number of carbonyl (C=O) groups excluding carboxylic acids is 1. The van der Waals surface area contributed by atoms with E-state index < -0.39 is 0 Å². The van der Waals surface area contributed by atoms with Crippen LogP contribution in [0.2, 0.25) is 0 Å². The number of carbonyl (C=O) groups is 1. The van der Waals surface area contributed by atoms with Crippen LogP contribution >= 0.6 is 0 Å². The first-order valence-electron chi connectivity index (χ1n) is 7.16. The number of nitrogens with zero attached hydrogens (tertiary/aromatic N) is 1. The first kappa shape index (κ1) is 13.6. The third kappa shape index (κ3) is 2.23. The second kappa shape index (κ2) is 5.18. The number of ether oxygens (including phenoxy) is 1. The maximum atomic E-state index is 12.1. The van der Waals surface area contributed by atoms with Crippen LogP contribution < -0.4 is 11.1 Å². The van der Waals surface area contributed by atoms with Crippen molar-refractivity contribution in [3.63, 3.8) is 0 Å². The minimum Gasteiger partial charge on any atom is -0.376 e. The van der Waals surface area contributed by atoms with E-state index in [9.17, 15) is 4.79 Å². The molecule has 6 heteroatoms. The monoisotopic (exact) mass is 279 g/mol. The zero-order valence-corrected chi connectivity index (χ0v) is 11.9. The van der Waals surface area contributed by atoms with Gasteiger partial charge in [-0.3, -0.25) is 4.79 Å². The largest absolute Gasteiger partial charge is 0.376 e. The summed E-state index contributed by atoms with van der Waals surface area (Å²) < 4.78 is 10.8. The molecule has 2 fully saturated rings. The van der Waals surface area contributed by atoms with Crippen molar-refractivity contribution in [1.82, 2.24) is 10.5 Å². The Kier molecular flexibility index (Phi) is 3.52. The molecule has 3 N–H and O–H groups in total. The predicted molar refractivity (Wildman–Crippen MR) is 72.1 cm³/mol. The Balaban J connectivity index is 1.59. The lowest BCUT2D eigenvalue weighted by Gasteiger charge is -2.52. The molecule has 110 valence electrons. The van der Waals surface area contributed by atoms with Gasteiger partial charge in [0.25, 0.3) is 0 Å². The van der Waals surface area contributed by atoms with E-state index in [2.05, 4.69) is 10.5 Å². The molecule has 0 aromatic carbocycles. The molecule has 4 atom stereocenters. The molecule has 4 unspecified atom stereocenters. The van der Waals surface area contributed by atoms with Crippen LogP contribution in [-0.4, -0.2) is 35.9 Å². The molecule has 1 aliphatic carbocycles. The molecule has 0 bridgehead atoms. The van der Waals surface area contributed by atoms with Crippen LogP contribution in [0.5, 0.6) is 0 Å². The summed E-state index contributed by atoms with van der Waals surface area (Å²) in [5.74, 6) is 1.04. The fourth-order valence-electron chi connectivity index (χ4n) is 3.28. The van der Waals surface area contributed by atoms with Crippen molar-refractivity contribution in [2.45, 2.75) is 51.3 Å². The molecule has 1 aromatic heterocycles. The van der Waals surface area contributed by atoms with E-state index in [0.717, 1.165) is 30.7 Å². The smallest absolute Gasteiger partial charge is 0.224 e. The minimum absolute atomic E-state index is 0.00826. The van der Waals surface area contributed by atoms with Gasteiger partial charge in [0.2, 0.25) is 5.91 Å². The molecular formula is C14H21N3O3. The zero-order chi connectivity index (χ0) is 14.3.